The van der Waals surface area contributed by atoms with Crippen LogP contribution in [0.25, 0.3) is 0 Å². The lowest BCUT2D eigenvalue weighted by atomic mass is 10.2. The van der Waals surface area contributed by atoms with Crippen LogP contribution in [0.2, 0.25) is 5.02 Å². The summed E-state index contributed by atoms with van der Waals surface area (Å²) in [7, 11) is 1.45. The lowest BCUT2D eigenvalue weighted by Crippen LogP contribution is -2.13. The topological polar surface area (TPSA) is 21.3 Å². The molecule has 1 N–H and O–H groups in total. The van der Waals surface area contributed by atoms with Gasteiger partial charge in [0.2, 0.25) is 0 Å². The summed E-state index contributed by atoms with van der Waals surface area (Å²) in [4.78, 5) is 0. The summed E-state index contributed by atoms with van der Waals surface area (Å²) in [6.45, 7) is 1.22. The first-order valence-corrected chi connectivity index (χ1v) is 6.35. The van der Waals surface area contributed by atoms with Crippen LogP contribution < -0.4 is 10.1 Å². The van der Waals surface area contributed by atoms with Gasteiger partial charge in [-0.1, -0.05) is 35.9 Å². The molecule has 2 aromatic rings. The Morgan fingerprint density at radius 3 is 2.63 bits per heavy atom. The maximum absolute atomic E-state index is 13.5. The summed E-state index contributed by atoms with van der Waals surface area (Å²) in [5, 5.41) is 3.96. The third-order valence-corrected chi connectivity index (χ3v) is 3.19. The summed E-state index contributed by atoms with van der Waals surface area (Å²) >= 11 is 6.05. The molecule has 0 radical (unpaired) electrons. The van der Waals surface area contributed by atoms with Crippen molar-refractivity contribution >= 4 is 11.6 Å². The predicted molar refractivity (Wildman–Crippen MR) is 74.9 cm³/mol. The molecule has 0 unspecified atom stereocenters. The van der Waals surface area contributed by atoms with Crippen molar-refractivity contribution < 1.29 is 9.13 Å². The standard InChI is InChI=1S/C15H15ClFNO/c1-19-15-7-6-11(8-14(15)17)9-18-10-12-4-2-3-5-13(12)16/h2-8,18H,9-10H2,1H3. The number of hydrogen-bond acceptors (Lipinski definition) is 2. The molecule has 0 saturated carbocycles. The normalized spacial score (nSPS) is 10.5. The molecule has 0 aliphatic rings. The molecule has 0 spiro atoms. The highest BCUT2D eigenvalue weighted by Gasteiger charge is 2.03. The number of rotatable bonds is 5. The van der Waals surface area contributed by atoms with Gasteiger partial charge in [-0.15, -0.1) is 0 Å². The molecule has 2 nitrogen and oxygen atoms in total. The van der Waals surface area contributed by atoms with E-state index in [0.29, 0.717) is 13.1 Å². The van der Waals surface area contributed by atoms with E-state index in [1.54, 1.807) is 6.07 Å². The molecule has 0 bridgehead atoms. The van der Waals surface area contributed by atoms with Gasteiger partial charge in [0.05, 0.1) is 7.11 Å². The van der Waals surface area contributed by atoms with Gasteiger partial charge in [0.25, 0.3) is 0 Å². The number of hydrogen-bond donors (Lipinski definition) is 1. The first kappa shape index (κ1) is 13.8. The Morgan fingerprint density at radius 2 is 1.95 bits per heavy atom. The average molecular weight is 280 g/mol. The van der Waals surface area contributed by atoms with E-state index in [0.717, 1.165) is 16.1 Å². The van der Waals surface area contributed by atoms with Gasteiger partial charge in [0.1, 0.15) is 0 Å². The van der Waals surface area contributed by atoms with Crippen LogP contribution in [0.1, 0.15) is 11.1 Å². The van der Waals surface area contributed by atoms with Gasteiger partial charge in [0.15, 0.2) is 11.6 Å². The predicted octanol–water partition coefficient (Wildman–Crippen LogP) is 3.78. The molecule has 100 valence electrons. The van der Waals surface area contributed by atoms with E-state index in [2.05, 4.69) is 5.32 Å². The monoisotopic (exact) mass is 279 g/mol. The van der Waals surface area contributed by atoms with E-state index in [9.17, 15) is 4.39 Å². The fourth-order valence-electron chi connectivity index (χ4n) is 1.80. The van der Waals surface area contributed by atoms with Crippen LogP contribution in [0.4, 0.5) is 4.39 Å². The molecule has 0 amide bonds. The van der Waals surface area contributed by atoms with Crippen molar-refractivity contribution in [2.24, 2.45) is 0 Å². The molecular formula is C15H15ClFNO. The van der Waals surface area contributed by atoms with Crippen LogP contribution in [0, 0.1) is 5.82 Å². The second-order valence-corrected chi connectivity index (χ2v) is 4.57. The van der Waals surface area contributed by atoms with Crippen molar-refractivity contribution in [2.45, 2.75) is 13.1 Å². The maximum Gasteiger partial charge on any atom is 0.165 e. The molecule has 0 atom stereocenters. The molecule has 0 heterocycles. The largest absolute Gasteiger partial charge is 0.494 e. The van der Waals surface area contributed by atoms with Gasteiger partial charge in [-0.3, -0.25) is 0 Å². The minimum absolute atomic E-state index is 0.259. The number of methoxy groups -OCH3 is 1. The van der Waals surface area contributed by atoms with Gasteiger partial charge in [-0.2, -0.15) is 0 Å². The fraction of sp³-hybridized carbons (Fsp3) is 0.200. The summed E-state index contributed by atoms with van der Waals surface area (Å²) in [5.41, 5.74) is 1.89. The Kier molecular flexibility index (Phi) is 4.77. The van der Waals surface area contributed by atoms with E-state index in [4.69, 9.17) is 16.3 Å². The molecular weight excluding hydrogens is 265 g/mol. The minimum Gasteiger partial charge on any atom is -0.494 e. The van der Waals surface area contributed by atoms with Crippen LogP contribution in [-0.4, -0.2) is 7.11 Å². The number of ether oxygens (including phenoxy) is 1. The maximum atomic E-state index is 13.5. The van der Waals surface area contributed by atoms with Gasteiger partial charge < -0.3 is 10.1 Å². The van der Waals surface area contributed by atoms with Gasteiger partial charge in [-0.05, 0) is 29.3 Å². The average Bonchev–Trinajstić information content (AvgIpc) is 2.41. The van der Waals surface area contributed by atoms with Crippen LogP contribution >= 0.6 is 11.6 Å². The summed E-state index contributed by atoms with van der Waals surface area (Å²) in [5.74, 6) is -0.0885. The first-order chi connectivity index (χ1) is 9.20. The Labute approximate surface area is 117 Å². The van der Waals surface area contributed by atoms with Crippen LogP contribution in [0.15, 0.2) is 42.5 Å². The van der Waals surface area contributed by atoms with Gasteiger partial charge in [-0.25, -0.2) is 4.39 Å². The van der Waals surface area contributed by atoms with Crippen molar-refractivity contribution in [1.82, 2.24) is 5.32 Å². The molecule has 4 heteroatoms. The van der Waals surface area contributed by atoms with Gasteiger partial charge in [0, 0.05) is 18.1 Å². The number of benzene rings is 2. The molecule has 2 rings (SSSR count). The van der Waals surface area contributed by atoms with Crippen molar-refractivity contribution in [2.75, 3.05) is 7.11 Å². The van der Waals surface area contributed by atoms with E-state index in [1.807, 2.05) is 30.3 Å². The summed E-state index contributed by atoms with van der Waals surface area (Å²) in [6.07, 6.45) is 0. The first-order valence-electron chi connectivity index (χ1n) is 5.97. The summed E-state index contributed by atoms with van der Waals surface area (Å²) in [6, 6.07) is 12.6. The lowest BCUT2D eigenvalue weighted by molar-refractivity contribution is 0.386. The smallest absolute Gasteiger partial charge is 0.165 e. The highest BCUT2D eigenvalue weighted by atomic mass is 35.5. The zero-order valence-electron chi connectivity index (χ0n) is 10.6. The molecule has 19 heavy (non-hydrogen) atoms. The summed E-state index contributed by atoms with van der Waals surface area (Å²) < 4.78 is 18.4. The van der Waals surface area contributed by atoms with Crippen molar-refractivity contribution in [3.63, 3.8) is 0 Å². The zero-order valence-corrected chi connectivity index (χ0v) is 11.4. The number of nitrogens with one attached hydrogen (secondary N) is 1. The van der Waals surface area contributed by atoms with E-state index >= 15 is 0 Å². The van der Waals surface area contributed by atoms with Gasteiger partial charge >= 0.3 is 0 Å². The second-order valence-electron chi connectivity index (χ2n) is 4.16. The Morgan fingerprint density at radius 1 is 1.16 bits per heavy atom. The van der Waals surface area contributed by atoms with Crippen LogP contribution in [0.5, 0.6) is 5.75 Å². The Hall–Kier alpha value is -1.58. The highest BCUT2D eigenvalue weighted by molar-refractivity contribution is 6.31. The second kappa shape index (κ2) is 6.55. The SMILES string of the molecule is COc1ccc(CNCc2ccccc2Cl)cc1F. The molecule has 0 aliphatic heterocycles. The zero-order chi connectivity index (χ0) is 13.7. The molecule has 0 aliphatic carbocycles. The molecule has 0 aromatic heterocycles. The third-order valence-electron chi connectivity index (χ3n) is 2.82. The lowest BCUT2D eigenvalue weighted by Gasteiger charge is -2.08. The van der Waals surface area contributed by atoms with Crippen LogP contribution in [0.3, 0.4) is 0 Å². The fourth-order valence-corrected chi connectivity index (χ4v) is 2.01. The Bertz CT molecular complexity index is 560. The molecule has 2 aromatic carbocycles. The van der Waals surface area contributed by atoms with E-state index in [-0.39, 0.29) is 11.6 Å². The molecule has 0 fully saturated rings. The van der Waals surface area contributed by atoms with E-state index < -0.39 is 0 Å². The Balaban J connectivity index is 1.93. The number of halogens is 2. The third kappa shape index (κ3) is 3.69. The van der Waals surface area contributed by atoms with Crippen molar-refractivity contribution in [1.29, 1.82) is 0 Å². The van der Waals surface area contributed by atoms with Crippen molar-refractivity contribution in [3.05, 3.63) is 64.4 Å². The van der Waals surface area contributed by atoms with E-state index in [1.165, 1.54) is 13.2 Å². The molecule has 0 saturated heterocycles. The minimum atomic E-state index is -0.348. The quantitative estimate of drug-likeness (QED) is 0.899. The van der Waals surface area contributed by atoms with Crippen molar-refractivity contribution in [3.8, 4) is 5.75 Å². The highest BCUT2D eigenvalue weighted by Crippen LogP contribution is 2.18. The van der Waals surface area contributed by atoms with Crippen LogP contribution in [-0.2, 0) is 13.1 Å².